The van der Waals surface area contributed by atoms with Crippen molar-refractivity contribution in [1.82, 2.24) is 10.1 Å². The molecule has 0 unspecified atom stereocenters. The zero-order valence-corrected chi connectivity index (χ0v) is 11.9. The summed E-state index contributed by atoms with van der Waals surface area (Å²) in [6.45, 7) is 2.25. The first-order valence-corrected chi connectivity index (χ1v) is 7.76. The smallest absolute Gasteiger partial charge is 0.247 e. The number of thiophene rings is 1. The van der Waals surface area contributed by atoms with Crippen LogP contribution < -0.4 is 5.73 Å². The molecule has 0 aliphatic heterocycles. The molecule has 2 N–H and O–H groups in total. The van der Waals surface area contributed by atoms with Gasteiger partial charge in [0.1, 0.15) is 0 Å². The Kier molecular flexibility index (Phi) is 3.41. The normalized spacial score (nSPS) is 27.6. The van der Waals surface area contributed by atoms with Crippen LogP contribution in [0.1, 0.15) is 44.9 Å². The number of aromatic nitrogens is 2. The molecule has 0 amide bonds. The van der Waals surface area contributed by atoms with Gasteiger partial charge in [0.25, 0.3) is 0 Å². The minimum Gasteiger partial charge on any atom is -0.337 e. The molecule has 0 spiro atoms. The second-order valence-electron chi connectivity index (χ2n) is 5.41. The van der Waals surface area contributed by atoms with Gasteiger partial charge in [0.2, 0.25) is 11.7 Å². The van der Waals surface area contributed by atoms with Crippen molar-refractivity contribution in [3.8, 4) is 10.7 Å². The zero-order chi connectivity index (χ0) is 13.3. The number of hydrogen-bond acceptors (Lipinski definition) is 5. The SMILES string of the molecule is CCC1CCC(N)(c2nc(-c3cccs3)no2)CC1. The van der Waals surface area contributed by atoms with E-state index < -0.39 is 5.54 Å². The van der Waals surface area contributed by atoms with Crippen LogP contribution in [0.25, 0.3) is 10.7 Å². The number of nitrogens with zero attached hydrogens (tertiary/aromatic N) is 2. The van der Waals surface area contributed by atoms with Gasteiger partial charge in [-0.15, -0.1) is 11.3 Å². The molecular weight excluding hydrogens is 258 g/mol. The van der Waals surface area contributed by atoms with Gasteiger partial charge in [0.15, 0.2) is 0 Å². The van der Waals surface area contributed by atoms with Gasteiger partial charge in [-0.1, -0.05) is 24.6 Å². The topological polar surface area (TPSA) is 64.9 Å². The lowest BCUT2D eigenvalue weighted by molar-refractivity contribution is 0.181. The van der Waals surface area contributed by atoms with Crippen molar-refractivity contribution in [2.45, 2.75) is 44.6 Å². The zero-order valence-electron chi connectivity index (χ0n) is 11.1. The first-order chi connectivity index (χ1) is 9.21. The van der Waals surface area contributed by atoms with Crippen molar-refractivity contribution >= 4 is 11.3 Å². The van der Waals surface area contributed by atoms with Crippen LogP contribution >= 0.6 is 11.3 Å². The Hall–Kier alpha value is -1.20. The van der Waals surface area contributed by atoms with Gasteiger partial charge < -0.3 is 10.3 Å². The fourth-order valence-electron chi connectivity index (χ4n) is 2.75. The molecule has 3 rings (SSSR count). The third-order valence-corrected chi connectivity index (χ3v) is 5.03. The van der Waals surface area contributed by atoms with Crippen LogP contribution in [0.4, 0.5) is 0 Å². The second kappa shape index (κ2) is 5.06. The molecule has 5 heteroatoms. The van der Waals surface area contributed by atoms with Crippen LogP contribution in [0, 0.1) is 5.92 Å². The molecule has 2 aromatic heterocycles. The summed E-state index contributed by atoms with van der Waals surface area (Å²) in [6.07, 6.45) is 5.43. The van der Waals surface area contributed by atoms with E-state index in [4.69, 9.17) is 10.3 Å². The van der Waals surface area contributed by atoms with Gasteiger partial charge in [-0.3, -0.25) is 0 Å². The van der Waals surface area contributed by atoms with E-state index in [0.717, 1.165) is 36.5 Å². The molecule has 1 aliphatic rings. The third kappa shape index (κ3) is 2.44. The summed E-state index contributed by atoms with van der Waals surface area (Å²) < 4.78 is 5.42. The van der Waals surface area contributed by atoms with Crippen LogP contribution in [0.15, 0.2) is 22.0 Å². The molecule has 2 heterocycles. The minimum absolute atomic E-state index is 0.422. The highest BCUT2D eigenvalue weighted by Crippen LogP contribution is 2.38. The van der Waals surface area contributed by atoms with E-state index in [2.05, 4.69) is 17.1 Å². The quantitative estimate of drug-likeness (QED) is 0.931. The van der Waals surface area contributed by atoms with Gasteiger partial charge >= 0.3 is 0 Å². The maximum Gasteiger partial charge on any atom is 0.247 e. The molecule has 1 saturated carbocycles. The first kappa shape index (κ1) is 12.8. The van der Waals surface area contributed by atoms with Crippen molar-refractivity contribution in [3.63, 3.8) is 0 Å². The monoisotopic (exact) mass is 277 g/mol. The molecule has 2 aromatic rings. The third-order valence-electron chi connectivity index (χ3n) is 4.17. The Morgan fingerprint density at radius 3 is 2.89 bits per heavy atom. The Bertz CT molecular complexity index is 527. The second-order valence-corrected chi connectivity index (χ2v) is 6.36. The lowest BCUT2D eigenvalue weighted by atomic mass is 9.76. The summed E-state index contributed by atoms with van der Waals surface area (Å²) in [5.74, 6) is 2.06. The van der Waals surface area contributed by atoms with E-state index in [9.17, 15) is 0 Å². The fraction of sp³-hybridized carbons (Fsp3) is 0.571. The Morgan fingerprint density at radius 2 is 2.26 bits per heavy atom. The summed E-state index contributed by atoms with van der Waals surface area (Å²) >= 11 is 1.61. The van der Waals surface area contributed by atoms with Crippen molar-refractivity contribution in [2.24, 2.45) is 11.7 Å². The van der Waals surface area contributed by atoms with Crippen LogP contribution in [0.2, 0.25) is 0 Å². The van der Waals surface area contributed by atoms with Crippen molar-refractivity contribution < 1.29 is 4.52 Å². The number of hydrogen-bond donors (Lipinski definition) is 1. The molecular formula is C14H19N3OS. The van der Waals surface area contributed by atoms with Crippen LogP contribution in [-0.4, -0.2) is 10.1 Å². The summed E-state index contributed by atoms with van der Waals surface area (Å²) in [4.78, 5) is 5.54. The van der Waals surface area contributed by atoms with Gasteiger partial charge in [0, 0.05) is 0 Å². The molecule has 0 saturated heterocycles. The van der Waals surface area contributed by atoms with E-state index in [0.29, 0.717) is 11.7 Å². The maximum atomic E-state index is 6.47. The van der Waals surface area contributed by atoms with E-state index in [1.54, 1.807) is 11.3 Å². The standard InChI is InChI=1S/C14H19N3OS/c1-2-10-5-7-14(15,8-6-10)13-16-12(17-18-13)11-4-3-9-19-11/h3-4,9-10H,2,5-8,15H2,1H3. The summed E-state index contributed by atoms with van der Waals surface area (Å²) in [6, 6.07) is 3.98. The van der Waals surface area contributed by atoms with E-state index in [-0.39, 0.29) is 0 Å². The van der Waals surface area contributed by atoms with Crippen LogP contribution in [-0.2, 0) is 5.54 Å². The van der Waals surface area contributed by atoms with Gasteiger partial charge in [-0.05, 0) is 43.0 Å². The average Bonchev–Trinajstić information content (AvgIpc) is 3.10. The summed E-state index contributed by atoms with van der Waals surface area (Å²) in [5, 5.41) is 6.07. The summed E-state index contributed by atoms with van der Waals surface area (Å²) in [5.41, 5.74) is 6.05. The molecule has 4 nitrogen and oxygen atoms in total. The van der Waals surface area contributed by atoms with Crippen molar-refractivity contribution in [2.75, 3.05) is 0 Å². The molecule has 0 bridgehead atoms. The Balaban J connectivity index is 1.79. The van der Waals surface area contributed by atoms with Gasteiger partial charge in [-0.25, -0.2) is 0 Å². The molecule has 102 valence electrons. The van der Waals surface area contributed by atoms with Gasteiger partial charge in [-0.2, -0.15) is 4.98 Å². The predicted octanol–water partition coefficient (Wildman–Crippen LogP) is 3.55. The lowest BCUT2D eigenvalue weighted by Gasteiger charge is -2.33. The van der Waals surface area contributed by atoms with E-state index in [1.807, 2.05) is 17.5 Å². The summed E-state index contributed by atoms with van der Waals surface area (Å²) in [7, 11) is 0. The van der Waals surface area contributed by atoms with Crippen molar-refractivity contribution in [3.05, 3.63) is 23.4 Å². The van der Waals surface area contributed by atoms with Gasteiger partial charge in [0.05, 0.1) is 10.4 Å². The number of rotatable bonds is 3. The molecule has 1 aliphatic carbocycles. The maximum absolute atomic E-state index is 6.47. The minimum atomic E-state index is -0.422. The molecule has 0 radical (unpaired) electrons. The highest BCUT2D eigenvalue weighted by Gasteiger charge is 2.37. The molecule has 0 atom stereocenters. The van der Waals surface area contributed by atoms with Crippen LogP contribution in [0.3, 0.4) is 0 Å². The molecule has 19 heavy (non-hydrogen) atoms. The molecule has 1 fully saturated rings. The van der Waals surface area contributed by atoms with Crippen LogP contribution in [0.5, 0.6) is 0 Å². The Labute approximate surface area is 117 Å². The largest absolute Gasteiger partial charge is 0.337 e. The highest BCUT2D eigenvalue weighted by atomic mass is 32.1. The molecule has 0 aromatic carbocycles. The number of nitrogens with two attached hydrogens (primary N) is 1. The van der Waals surface area contributed by atoms with E-state index >= 15 is 0 Å². The fourth-order valence-corrected chi connectivity index (χ4v) is 3.40. The Morgan fingerprint density at radius 1 is 1.47 bits per heavy atom. The first-order valence-electron chi connectivity index (χ1n) is 6.88. The lowest BCUT2D eigenvalue weighted by Crippen LogP contribution is -2.40. The van der Waals surface area contributed by atoms with Crippen molar-refractivity contribution in [1.29, 1.82) is 0 Å². The van der Waals surface area contributed by atoms with E-state index in [1.165, 1.54) is 6.42 Å². The highest BCUT2D eigenvalue weighted by molar-refractivity contribution is 7.13. The average molecular weight is 277 g/mol. The predicted molar refractivity (Wildman–Crippen MR) is 75.7 cm³/mol.